The molecule has 3 aliphatic rings. The standard InChI is InChI=1S/C17H27N5O2/c1-3-6-20(2)17(24)16-12-21-7-4-13(16)9-15(21)11-22-10-14(5-8-23)18-19-22/h3,10,13,15-16,23H,1,4-9,11-12H2,2H3/t13-,15-,16+/m1/s1. The Hall–Kier alpha value is -1.73. The molecule has 7 heteroatoms. The molecule has 3 aliphatic heterocycles. The van der Waals surface area contributed by atoms with Crippen LogP contribution in [0.5, 0.6) is 0 Å². The van der Waals surface area contributed by atoms with Gasteiger partial charge in [0.25, 0.3) is 0 Å². The van der Waals surface area contributed by atoms with Gasteiger partial charge in [0.2, 0.25) is 5.91 Å². The zero-order valence-corrected chi connectivity index (χ0v) is 14.3. The molecule has 0 saturated carbocycles. The van der Waals surface area contributed by atoms with Crippen molar-refractivity contribution in [3.05, 3.63) is 24.5 Å². The molecule has 7 nitrogen and oxygen atoms in total. The number of piperidine rings is 3. The van der Waals surface area contributed by atoms with Crippen molar-refractivity contribution >= 4 is 5.91 Å². The number of hydrogen-bond donors (Lipinski definition) is 1. The monoisotopic (exact) mass is 333 g/mol. The highest BCUT2D eigenvalue weighted by Gasteiger charge is 2.43. The number of aliphatic hydroxyl groups excluding tert-OH is 1. The van der Waals surface area contributed by atoms with Crippen LogP contribution in [0.15, 0.2) is 18.9 Å². The number of rotatable bonds is 7. The van der Waals surface area contributed by atoms with E-state index in [0.717, 1.165) is 38.2 Å². The lowest BCUT2D eigenvalue weighted by Gasteiger charge is -2.49. The number of nitrogens with zero attached hydrogens (tertiary/aromatic N) is 5. The van der Waals surface area contributed by atoms with Crippen LogP contribution in [0.2, 0.25) is 0 Å². The quantitative estimate of drug-likeness (QED) is 0.720. The predicted molar refractivity (Wildman–Crippen MR) is 90.2 cm³/mol. The van der Waals surface area contributed by atoms with Crippen LogP contribution >= 0.6 is 0 Å². The fourth-order valence-electron chi connectivity index (χ4n) is 4.05. The van der Waals surface area contributed by atoms with Gasteiger partial charge in [-0.3, -0.25) is 14.4 Å². The summed E-state index contributed by atoms with van der Waals surface area (Å²) in [6.07, 6.45) is 6.37. The number of fused-ring (bicyclic) bond motifs is 3. The van der Waals surface area contributed by atoms with Gasteiger partial charge in [0.05, 0.1) is 18.2 Å². The Morgan fingerprint density at radius 1 is 1.58 bits per heavy atom. The second-order valence-corrected chi connectivity index (χ2v) is 6.95. The van der Waals surface area contributed by atoms with Crippen molar-refractivity contribution in [2.24, 2.45) is 11.8 Å². The Morgan fingerprint density at radius 2 is 2.42 bits per heavy atom. The molecule has 1 unspecified atom stereocenters. The van der Waals surface area contributed by atoms with E-state index in [0.29, 0.717) is 24.9 Å². The summed E-state index contributed by atoms with van der Waals surface area (Å²) in [4.78, 5) is 16.8. The molecule has 0 radical (unpaired) electrons. The fourth-order valence-corrected chi connectivity index (χ4v) is 4.05. The maximum atomic E-state index is 12.6. The molecule has 0 aliphatic carbocycles. The van der Waals surface area contributed by atoms with Crippen LogP contribution < -0.4 is 0 Å². The Morgan fingerprint density at radius 3 is 3.08 bits per heavy atom. The third kappa shape index (κ3) is 3.52. The molecule has 0 aromatic carbocycles. The maximum absolute atomic E-state index is 12.6. The number of carbonyl (C=O) groups excluding carboxylic acids is 1. The first-order chi connectivity index (χ1) is 11.6. The van der Waals surface area contributed by atoms with E-state index in [1.54, 1.807) is 11.0 Å². The average molecular weight is 333 g/mol. The molecule has 4 atom stereocenters. The van der Waals surface area contributed by atoms with Gasteiger partial charge in [0.15, 0.2) is 0 Å². The number of amides is 1. The number of carbonyl (C=O) groups is 1. The highest BCUT2D eigenvalue weighted by Crippen LogP contribution is 2.37. The number of aliphatic hydroxyl groups is 1. The topological polar surface area (TPSA) is 74.5 Å². The smallest absolute Gasteiger partial charge is 0.227 e. The Kier molecular flexibility index (Phi) is 5.30. The van der Waals surface area contributed by atoms with Crippen LogP contribution in [-0.2, 0) is 17.8 Å². The van der Waals surface area contributed by atoms with E-state index < -0.39 is 0 Å². The Bertz CT molecular complexity index is 587. The molecule has 1 amide bonds. The van der Waals surface area contributed by atoms with Gasteiger partial charge < -0.3 is 10.0 Å². The van der Waals surface area contributed by atoms with Crippen LogP contribution in [-0.4, -0.2) is 75.1 Å². The summed E-state index contributed by atoms with van der Waals surface area (Å²) in [6, 6.07) is 0.418. The molecule has 24 heavy (non-hydrogen) atoms. The molecule has 1 aromatic heterocycles. The average Bonchev–Trinajstić information content (AvgIpc) is 3.02. The lowest BCUT2D eigenvalue weighted by Crippen LogP contribution is -2.58. The lowest BCUT2D eigenvalue weighted by atomic mass is 9.75. The van der Waals surface area contributed by atoms with Crippen molar-refractivity contribution in [1.29, 1.82) is 0 Å². The molecule has 1 aromatic rings. The van der Waals surface area contributed by atoms with E-state index in [1.165, 1.54) is 0 Å². The summed E-state index contributed by atoms with van der Waals surface area (Å²) in [5, 5.41) is 17.2. The van der Waals surface area contributed by atoms with Gasteiger partial charge >= 0.3 is 0 Å². The largest absolute Gasteiger partial charge is 0.396 e. The van der Waals surface area contributed by atoms with Crippen LogP contribution in [0.25, 0.3) is 0 Å². The van der Waals surface area contributed by atoms with Gasteiger partial charge in [-0.1, -0.05) is 11.3 Å². The minimum Gasteiger partial charge on any atom is -0.396 e. The molecule has 132 valence electrons. The second-order valence-electron chi connectivity index (χ2n) is 6.95. The van der Waals surface area contributed by atoms with E-state index in [4.69, 9.17) is 5.11 Å². The highest BCUT2D eigenvalue weighted by molar-refractivity contribution is 5.79. The van der Waals surface area contributed by atoms with Crippen molar-refractivity contribution in [1.82, 2.24) is 24.8 Å². The molecule has 4 rings (SSSR count). The van der Waals surface area contributed by atoms with Gasteiger partial charge in [-0.25, -0.2) is 0 Å². The highest BCUT2D eigenvalue weighted by atomic mass is 16.3. The molecule has 3 saturated heterocycles. The van der Waals surface area contributed by atoms with Gasteiger partial charge in [0, 0.05) is 45.4 Å². The molecule has 1 N–H and O–H groups in total. The first kappa shape index (κ1) is 17.1. The molecule has 2 bridgehead atoms. The second kappa shape index (κ2) is 7.44. The molecule has 4 heterocycles. The Balaban J connectivity index is 1.60. The zero-order valence-electron chi connectivity index (χ0n) is 14.3. The third-order valence-electron chi connectivity index (χ3n) is 5.33. The van der Waals surface area contributed by atoms with Gasteiger partial charge in [-0.2, -0.15) is 0 Å². The van der Waals surface area contributed by atoms with Gasteiger partial charge in [-0.15, -0.1) is 11.7 Å². The number of hydrogen-bond acceptors (Lipinski definition) is 5. The van der Waals surface area contributed by atoms with Crippen molar-refractivity contribution in [3.8, 4) is 0 Å². The Labute approximate surface area is 142 Å². The maximum Gasteiger partial charge on any atom is 0.227 e. The first-order valence-electron chi connectivity index (χ1n) is 8.72. The van der Waals surface area contributed by atoms with Gasteiger partial charge in [-0.05, 0) is 25.3 Å². The minimum atomic E-state index is 0.0956. The van der Waals surface area contributed by atoms with Crippen molar-refractivity contribution in [2.75, 3.05) is 33.3 Å². The summed E-state index contributed by atoms with van der Waals surface area (Å²) in [7, 11) is 1.86. The van der Waals surface area contributed by atoms with Crippen LogP contribution in [0.4, 0.5) is 0 Å². The molecule has 3 fully saturated rings. The first-order valence-corrected chi connectivity index (χ1v) is 8.72. The SMILES string of the molecule is C=CCN(C)C(=O)[C@H]1CN2CC[C@@H]1C[C@@H]2Cn1cc(CCO)nn1. The molecular weight excluding hydrogens is 306 g/mol. The van der Waals surface area contributed by atoms with E-state index in [2.05, 4.69) is 21.8 Å². The summed E-state index contributed by atoms with van der Waals surface area (Å²) < 4.78 is 1.87. The zero-order chi connectivity index (χ0) is 17.1. The summed E-state index contributed by atoms with van der Waals surface area (Å²) >= 11 is 0. The van der Waals surface area contributed by atoms with E-state index in [1.807, 2.05) is 17.9 Å². The van der Waals surface area contributed by atoms with Gasteiger partial charge in [0.1, 0.15) is 0 Å². The van der Waals surface area contributed by atoms with Crippen molar-refractivity contribution in [2.45, 2.75) is 31.8 Å². The normalized spacial score (nSPS) is 28.8. The number of aromatic nitrogens is 3. The van der Waals surface area contributed by atoms with Crippen LogP contribution in [0, 0.1) is 11.8 Å². The predicted octanol–water partition coefficient (Wildman–Crippen LogP) is 0.168. The van der Waals surface area contributed by atoms with E-state index >= 15 is 0 Å². The minimum absolute atomic E-state index is 0.0956. The van der Waals surface area contributed by atoms with Crippen LogP contribution in [0.3, 0.4) is 0 Å². The summed E-state index contributed by atoms with van der Waals surface area (Å²) in [5.41, 5.74) is 0.826. The fraction of sp³-hybridized carbons (Fsp3) is 0.706. The third-order valence-corrected chi connectivity index (χ3v) is 5.33. The molecular formula is C17H27N5O2. The lowest BCUT2D eigenvalue weighted by molar-refractivity contribution is -0.142. The van der Waals surface area contributed by atoms with E-state index in [9.17, 15) is 4.79 Å². The van der Waals surface area contributed by atoms with Crippen molar-refractivity contribution < 1.29 is 9.90 Å². The van der Waals surface area contributed by atoms with Crippen LogP contribution in [0.1, 0.15) is 18.5 Å². The summed E-state index contributed by atoms with van der Waals surface area (Å²) in [6.45, 7) is 7.12. The summed E-state index contributed by atoms with van der Waals surface area (Å²) in [5.74, 6) is 0.815. The number of likely N-dealkylation sites (N-methyl/N-ethyl adjacent to an activating group) is 1. The van der Waals surface area contributed by atoms with Crippen molar-refractivity contribution in [3.63, 3.8) is 0 Å². The van der Waals surface area contributed by atoms with E-state index in [-0.39, 0.29) is 18.4 Å². The molecule has 0 spiro atoms.